The van der Waals surface area contributed by atoms with E-state index in [1.807, 2.05) is 12.1 Å². The number of nitrogens with one attached hydrogen (secondary N) is 1. The van der Waals surface area contributed by atoms with Crippen LogP contribution in [0.25, 0.3) is 0 Å². The van der Waals surface area contributed by atoms with Crippen LogP contribution in [0.15, 0.2) is 24.7 Å². The Morgan fingerprint density at radius 1 is 1.21 bits per heavy atom. The highest BCUT2D eigenvalue weighted by Gasteiger charge is 2.09. The monoisotopic (exact) mass is 261 g/mol. The van der Waals surface area contributed by atoms with Gasteiger partial charge in [0.2, 0.25) is 11.6 Å². The number of hydrogen-bond donors (Lipinski definition) is 2. The second kappa shape index (κ2) is 5.85. The highest BCUT2D eigenvalue weighted by molar-refractivity contribution is 5.61. The summed E-state index contributed by atoms with van der Waals surface area (Å²) in [5.74, 6) is 1.84. The van der Waals surface area contributed by atoms with Crippen molar-refractivity contribution in [1.29, 1.82) is 0 Å². The number of nitrogens with two attached hydrogens (primary N) is 1. The number of nitrogens with zero attached hydrogens (tertiary/aromatic N) is 3. The molecule has 0 fully saturated rings. The largest absolute Gasteiger partial charge is 0.490 e. The predicted octanol–water partition coefficient (Wildman–Crippen LogP) is 1.08. The molecule has 0 aromatic carbocycles. The first-order valence-electron chi connectivity index (χ1n) is 5.62. The highest BCUT2D eigenvalue weighted by Crippen LogP contribution is 2.26. The van der Waals surface area contributed by atoms with E-state index >= 15 is 0 Å². The van der Waals surface area contributed by atoms with Crippen LogP contribution in [0.5, 0.6) is 11.6 Å². The molecule has 2 rings (SSSR count). The van der Waals surface area contributed by atoms with Gasteiger partial charge >= 0.3 is 0 Å². The van der Waals surface area contributed by atoms with Crippen molar-refractivity contribution in [2.45, 2.75) is 6.54 Å². The van der Waals surface area contributed by atoms with Crippen molar-refractivity contribution < 1.29 is 9.47 Å². The maximum atomic E-state index is 5.70. The summed E-state index contributed by atoms with van der Waals surface area (Å²) in [6.45, 7) is 0.547. The molecule has 100 valence electrons. The maximum absolute atomic E-state index is 5.70. The maximum Gasteiger partial charge on any atom is 0.213 e. The summed E-state index contributed by atoms with van der Waals surface area (Å²) in [7, 11) is 3.10. The number of pyridine rings is 1. The van der Waals surface area contributed by atoms with Crippen LogP contribution < -0.4 is 20.5 Å². The molecule has 0 saturated carbocycles. The van der Waals surface area contributed by atoms with Crippen molar-refractivity contribution >= 4 is 11.6 Å². The lowest BCUT2D eigenvalue weighted by Gasteiger charge is -2.11. The molecule has 0 unspecified atom stereocenters. The molecule has 0 spiro atoms. The summed E-state index contributed by atoms with van der Waals surface area (Å²) in [6, 6.07) is 3.72. The summed E-state index contributed by atoms with van der Waals surface area (Å²) < 4.78 is 10.2. The average molecular weight is 261 g/mol. The van der Waals surface area contributed by atoms with Gasteiger partial charge in [-0.3, -0.25) is 0 Å². The topological polar surface area (TPSA) is 95.2 Å². The van der Waals surface area contributed by atoms with Gasteiger partial charge in [0, 0.05) is 18.8 Å². The van der Waals surface area contributed by atoms with E-state index in [0.717, 1.165) is 5.56 Å². The Balaban J connectivity index is 2.12. The predicted molar refractivity (Wildman–Crippen MR) is 71.1 cm³/mol. The summed E-state index contributed by atoms with van der Waals surface area (Å²) in [4.78, 5) is 12.0. The van der Waals surface area contributed by atoms with Crippen LogP contribution in [0.1, 0.15) is 5.56 Å². The van der Waals surface area contributed by atoms with Crippen molar-refractivity contribution in [3.63, 3.8) is 0 Å². The molecule has 0 atom stereocenters. The minimum atomic E-state index is 0.298. The van der Waals surface area contributed by atoms with E-state index in [-0.39, 0.29) is 0 Å². The summed E-state index contributed by atoms with van der Waals surface area (Å²) >= 11 is 0. The van der Waals surface area contributed by atoms with Gasteiger partial charge in [-0.2, -0.15) is 0 Å². The normalized spacial score (nSPS) is 10.0. The number of ether oxygens (including phenoxy) is 2. The molecule has 0 radical (unpaired) electrons. The van der Waals surface area contributed by atoms with Crippen LogP contribution in [-0.2, 0) is 6.54 Å². The van der Waals surface area contributed by atoms with E-state index in [0.29, 0.717) is 29.8 Å². The molecule has 3 N–H and O–H groups in total. The average Bonchev–Trinajstić information content (AvgIpc) is 2.45. The SMILES string of the molecule is COc1cc(CNc2ncnc(N)c2OC)ccn1. The van der Waals surface area contributed by atoms with Crippen LogP contribution in [0.4, 0.5) is 11.6 Å². The Labute approximate surface area is 110 Å². The lowest BCUT2D eigenvalue weighted by Crippen LogP contribution is -2.06. The Morgan fingerprint density at radius 3 is 2.79 bits per heavy atom. The number of anilines is 2. The fourth-order valence-electron chi connectivity index (χ4n) is 1.57. The number of hydrogen-bond acceptors (Lipinski definition) is 7. The lowest BCUT2D eigenvalue weighted by atomic mass is 10.2. The molecule has 19 heavy (non-hydrogen) atoms. The first-order chi connectivity index (χ1) is 9.24. The second-order valence-electron chi connectivity index (χ2n) is 3.70. The van der Waals surface area contributed by atoms with E-state index in [1.165, 1.54) is 13.4 Å². The summed E-state index contributed by atoms with van der Waals surface area (Å²) in [5, 5.41) is 3.13. The molecule has 0 aliphatic carbocycles. The molecular weight excluding hydrogens is 246 g/mol. The zero-order chi connectivity index (χ0) is 13.7. The van der Waals surface area contributed by atoms with Crippen LogP contribution in [0.3, 0.4) is 0 Å². The molecule has 0 aliphatic heterocycles. The first kappa shape index (κ1) is 12.9. The Hall–Kier alpha value is -2.57. The van der Waals surface area contributed by atoms with Gasteiger partial charge in [-0.15, -0.1) is 0 Å². The van der Waals surface area contributed by atoms with E-state index in [4.69, 9.17) is 15.2 Å². The molecule has 0 saturated heterocycles. The van der Waals surface area contributed by atoms with Crippen molar-refractivity contribution in [2.24, 2.45) is 0 Å². The van der Waals surface area contributed by atoms with Gasteiger partial charge in [0.1, 0.15) is 6.33 Å². The van der Waals surface area contributed by atoms with E-state index in [2.05, 4.69) is 20.3 Å². The minimum Gasteiger partial charge on any atom is -0.490 e. The van der Waals surface area contributed by atoms with Gasteiger partial charge in [-0.25, -0.2) is 15.0 Å². The van der Waals surface area contributed by atoms with Gasteiger partial charge in [0.05, 0.1) is 14.2 Å². The van der Waals surface area contributed by atoms with Gasteiger partial charge in [0.25, 0.3) is 0 Å². The van der Waals surface area contributed by atoms with Crippen LogP contribution >= 0.6 is 0 Å². The van der Waals surface area contributed by atoms with Gasteiger partial charge < -0.3 is 20.5 Å². The quantitative estimate of drug-likeness (QED) is 0.831. The standard InChI is InChI=1S/C12H15N5O2/c1-18-9-5-8(3-4-14-9)6-15-12-10(19-2)11(13)16-7-17-12/h3-5,7H,6H2,1-2H3,(H3,13,15,16,17). The van der Waals surface area contributed by atoms with Gasteiger partial charge in [0.15, 0.2) is 11.6 Å². The molecule has 0 bridgehead atoms. The van der Waals surface area contributed by atoms with Crippen molar-refractivity contribution in [3.05, 3.63) is 30.2 Å². The first-order valence-corrected chi connectivity index (χ1v) is 5.62. The third-order valence-electron chi connectivity index (χ3n) is 2.50. The minimum absolute atomic E-state index is 0.298. The Morgan fingerprint density at radius 2 is 2.05 bits per heavy atom. The third-order valence-corrected chi connectivity index (χ3v) is 2.50. The van der Waals surface area contributed by atoms with Gasteiger partial charge in [-0.05, 0) is 11.6 Å². The second-order valence-corrected chi connectivity index (χ2v) is 3.70. The number of methoxy groups -OCH3 is 2. The molecule has 2 heterocycles. The molecule has 0 amide bonds. The van der Waals surface area contributed by atoms with Crippen molar-refractivity contribution in [1.82, 2.24) is 15.0 Å². The van der Waals surface area contributed by atoms with E-state index in [9.17, 15) is 0 Å². The smallest absolute Gasteiger partial charge is 0.213 e. The summed E-state index contributed by atoms with van der Waals surface area (Å²) in [6.07, 6.45) is 3.06. The Bertz CT molecular complexity index is 562. The summed E-state index contributed by atoms with van der Waals surface area (Å²) in [5.41, 5.74) is 6.71. The highest BCUT2D eigenvalue weighted by atomic mass is 16.5. The Kier molecular flexibility index (Phi) is 3.97. The third kappa shape index (κ3) is 3.01. The van der Waals surface area contributed by atoms with Crippen LogP contribution in [0.2, 0.25) is 0 Å². The number of rotatable bonds is 5. The zero-order valence-corrected chi connectivity index (χ0v) is 10.8. The number of nitrogen functional groups attached to an aromatic ring is 1. The fraction of sp³-hybridized carbons (Fsp3) is 0.250. The molecule has 7 nitrogen and oxygen atoms in total. The molecule has 2 aromatic heterocycles. The molecule has 7 heteroatoms. The zero-order valence-electron chi connectivity index (χ0n) is 10.8. The lowest BCUT2D eigenvalue weighted by molar-refractivity contribution is 0.397. The van der Waals surface area contributed by atoms with Crippen molar-refractivity contribution in [3.8, 4) is 11.6 Å². The fourth-order valence-corrected chi connectivity index (χ4v) is 1.57. The number of aromatic nitrogens is 3. The van der Waals surface area contributed by atoms with Crippen LogP contribution in [0, 0.1) is 0 Å². The molecular formula is C12H15N5O2. The van der Waals surface area contributed by atoms with E-state index < -0.39 is 0 Å². The molecule has 0 aliphatic rings. The van der Waals surface area contributed by atoms with Crippen LogP contribution in [-0.4, -0.2) is 29.2 Å². The van der Waals surface area contributed by atoms with E-state index in [1.54, 1.807) is 13.3 Å². The molecule has 2 aromatic rings. The van der Waals surface area contributed by atoms with Gasteiger partial charge in [-0.1, -0.05) is 0 Å². The van der Waals surface area contributed by atoms with Crippen molar-refractivity contribution in [2.75, 3.05) is 25.3 Å².